The summed E-state index contributed by atoms with van der Waals surface area (Å²) in [6, 6.07) is 12.1. The molecule has 2 aromatic carbocycles. The van der Waals surface area contributed by atoms with Gasteiger partial charge < -0.3 is 14.8 Å². The van der Waals surface area contributed by atoms with Crippen LogP contribution in [0.2, 0.25) is 0 Å². The van der Waals surface area contributed by atoms with E-state index in [1.165, 1.54) is 12.1 Å². The smallest absolute Gasteiger partial charge is 0.416 e. The highest BCUT2D eigenvalue weighted by Gasteiger charge is 2.30. The van der Waals surface area contributed by atoms with Gasteiger partial charge in [-0.2, -0.15) is 13.2 Å². The van der Waals surface area contributed by atoms with E-state index in [1.54, 1.807) is 11.8 Å². The Hall–Kier alpha value is -3.40. The molecular weight excluding hydrogens is 413 g/mol. The number of halogens is 3. The number of rotatable bonds is 5. The molecule has 0 saturated heterocycles. The van der Waals surface area contributed by atoms with Gasteiger partial charge in [0.2, 0.25) is 0 Å². The number of ether oxygens (including phenoxy) is 2. The third kappa shape index (κ3) is 4.53. The summed E-state index contributed by atoms with van der Waals surface area (Å²) in [5.41, 5.74) is 1.45. The lowest BCUT2D eigenvalue weighted by Gasteiger charge is -2.24. The molecule has 1 N–H and O–H groups in total. The summed E-state index contributed by atoms with van der Waals surface area (Å²) in [6.45, 7) is 0.631. The van der Waals surface area contributed by atoms with Crippen LogP contribution in [0.5, 0.6) is 5.75 Å². The number of fused-ring (bicyclic) bond motifs is 1. The van der Waals surface area contributed by atoms with Gasteiger partial charge in [-0.3, -0.25) is 4.79 Å². The second kappa shape index (κ2) is 8.38. The molecule has 7 nitrogen and oxygen atoms in total. The van der Waals surface area contributed by atoms with E-state index in [2.05, 4.69) is 15.6 Å². The zero-order valence-electron chi connectivity index (χ0n) is 16.5. The van der Waals surface area contributed by atoms with Crippen molar-refractivity contribution < 1.29 is 27.4 Å². The summed E-state index contributed by atoms with van der Waals surface area (Å²) in [6.07, 6.45) is -4.63. The summed E-state index contributed by atoms with van der Waals surface area (Å²) >= 11 is 0. The molecule has 0 bridgehead atoms. The molecule has 0 spiro atoms. The number of hydrogen-bond acceptors (Lipinski definition) is 5. The van der Waals surface area contributed by atoms with Gasteiger partial charge in [0.05, 0.1) is 31.5 Å². The molecule has 3 aromatic rings. The van der Waals surface area contributed by atoms with Crippen LogP contribution in [0.1, 0.15) is 39.0 Å². The van der Waals surface area contributed by atoms with Gasteiger partial charge in [-0.25, -0.2) is 4.68 Å². The molecule has 0 radical (unpaired) electrons. The van der Waals surface area contributed by atoms with Crippen LogP contribution < -0.4 is 10.1 Å². The molecule has 1 aliphatic rings. The highest BCUT2D eigenvalue weighted by Crippen LogP contribution is 2.29. The molecule has 0 fully saturated rings. The third-order valence-electron chi connectivity index (χ3n) is 5.03. The molecule has 10 heteroatoms. The average Bonchev–Trinajstić information content (AvgIpc) is 3.20. The molecule has 0 saturated carbocycles. The van der Waals surface area contributed by atoms with E-state index in [-0.39, 0.29) is 24.9 Å². The van der Waals surface area contributed by atoms with Crippen LogP contribution in [0.4, 0.5) is 13.2 Å². The van der Waals surface area contributed by atoms with Crippen molar-refractivity contribution in [3.8, 4) is 5.75 Å². The van der Waals surface area contributed by atoms with Crippen LogP contribution in [0.3, 0.4) is 0 Å². The number of benzene rings is 2. The molecule has 4 rings (SSSR count). The Labute approximate surface area is 175 Å². The maximum Gasteiger partial charge on any atom is 0.416 e. The van der Waals surface area contributed by atoms with Gasteiger partial charge in [0, 0.05) is 6.54 Å². The van der Waals surface area contributed by atoms with Gasteiger partial charge in [0.15, 0.2) is 5.69 Å². The largest absolute Gasteiger partial charge is 0.497 e. The van der Waals surface area contributed by atoms with Gasteiger partial charge in [0.1, 0.15) is 11.9 Å². The quantitative estimate of drug-likeness (QED) is 0.668. The number of nitrogens with zero attached hydrogens (tertiary/aromatic N) is 3. The van der Waals surface area contributed by atoms with Crippen molar-refractivity contribution in [3.05, 3.63) is 76.6 Å². The first-order chi connectivity index (χ1) is 14.8. The first kappa shape index (κ1) is 20.9. The molecule has 31 heavy (non-hydrogen) atoms. The van der Waals surface area contributed by atoms with E-state index < -0.39 is 17.6 Å². The van der Waals surface area contributed by atoms with Crippen molar-refractivity contribution in [3.63, 3.8) is 0 Å². The van der Waals surface area contributed by atoms with Gasteiger partial charge in [-0.1, -0.05) is 29.5 Å². The summed E-state index contributed by atoms with van der Waals surface area (Å²) in [4.78, 5) is 12.5. The van der Waals surface area contributed by atoms with Crippen LogP contribution in [0, 0.1) is 0 Å². The Kier molecular flexibility index (Phi) is 5.64. The maximum atomic E-state index is 12.6. The monoisotopic (exact) mass is 432 g/mol. The molecule has 162 valence electrons. The molecule has 1 aliphatic heterocycles. The van der Waals surface area contributed by atoms with Crippen molar-refractivity contribution in [2.75, 3.05) is 7.11 Å². The number of hydrogen-bond donors (Lipinski definition) is 1. The summed E-state index contributed by atoms with van der Waals surface area (Å²) < 4.78 is 50.6. The van der Waals surface area contributed by atoms with E-state index in [1.807, 2.05) is 24.3 Å². The number of methoxy groups -OCH3 is 1. The molecule has 1 amide bonds. The van der Waals surface area contributed by atoms with Crippen LogP contribution in [-0.4, -0.2) is 28.0 Å². The van der Waals surface area contributed by atoms with Crippen LogP contribution in [0.25, 0.3) is 0 Å². The minimum absolute atomic E-state index is 0.0681. The van der Waals surface area contributed by atoms with Gasteiger partial charge in [-0.15, -0.1) is 5.10 Å². The molecule has 0 unspecified atom stereocenters. The summed E-state index contributed by atoms with van der Waals surface area (Å²) in [5, 5.41) is 10.7. The number of carbonyl (C=O) groups excluding carboxylic acids is 1. The zero-order chi connectivity index (χ0) is 22.0. The average molecular weight is 432 g/mol. The van der Waals surface area contributed by atoms with Crippen molar-refractivity contribution in [2.24, 2.45) is 0 Å². The van der Waals surface area contributed by atoms with E-state index in [4.69, 9.17) is 9.47 Å². The Morgan fingerprint density at radius 2 is 1.90 bits per heavy atom. The summed E-state index contributed by atoms with van der Waals surface area (Å²) in [7, 11) is 1.60. The minimum atomic E-state index is -4.40. The Bertz CT molecular complexity index is 1060. The van der Waals surface area contributed by atoms with Crippen LogP contribution in [-0.2, 0) is 30.6 Å². The molecule has 0 aliphatic carbocycles. The van der Waals surface area contributed by atoms with E-state index >= 15 is 0 Å². The topological polar surface area (TPSA) is 78.3 Å². The van der Waals surface area contributed by atoms with E-state index in [0.29, 0.717) is 17.8 Å². The Balaban J connectivity index is 1.39. The van der Waals surface area contributed by atoms with E-state index in [9.17, 15) is 18.0 Å². The van der Waals surface area contributed by atoms with E-state index in [0.717, 1.165) is 23.4 Å². The second-order valence-corrected chi connectivity index (χ2v) is 7.02. The fourth-order valence-corrected chi connectivity index (χ4v) is 3.29. The number of carbonyl (C=O) groups is 1. The lowest BCUT2D eigenvalue weighted by atomic mass is 10.1. The number of aromatic nitrogens is 3. The maximum absolute atomic E-state index is 12.6. The fourth-order valence-electron chi connectivity index (χ4n) is 3.29. The highest BCUT2D eigenvalue weighted by atomic mass is 19.4. The second-order valence-electron chi connectivity index (χ2n) is 7.02. The van der Waals surface area contributed by atoms with Crippen molar-refractivity contribution in [2.45, 2.75) is 32.0 Å². The third-order valence-corrected chi connectivity index (χ3v) is 5.03. The molecule has 1 atom stereocenters. The lowest BCUT2D eigenvalue weighted by molar-refractivity contribution is -0.137. The first-order valence-corrected chi connectivity index (χ1v) is 9.47. The normalized spacial score (nSPS) is 15.9. The highest BCUT2D eigenvalue weighted by molar-refractivity contribution is 5.93. The van der Waals surface area contributed by atoms with Crippen LogP contribution >= 0.6 is 0 Å². The Morgan fingerprint density at radius 3 is 2.55 bits per heavy atom. The molecule has 1 aromatic heterocycles. The van der Waals surface area contributed by atoms with Crippen LogP contribution in [0.15, 0.2) is 48.5 Å². The van der Waals surface area contributed by atoms with Gasteiger partial charge >= 0.3 is 6.18 Å². The van der Waals surface area contributed by atoms with Crippen molar-refractivity contribution in [1.29, 1.82) is 0 Å². The first-order valence-electron chi connectivity index (χ1n) is 9.47. The number of alkyl halides is 3. The minimum Gasteiger partial charge on any atom is -0.497 e. The fraction of sp³-hybridized carbons (Fsp3) is 0.286. The zero-order valence-corrected chi connectivity index (χ0v) is 16.5. The number of nitrogens with one attached hydrogen (secondary N) is 1. The standard InChI is InChI=1S/C21H19F3N4O3/c1-30-16-8-4-14(5-9-16)18-11-28-17(12-31-18)19(26-27-28)20(29)25-10-13-2-6-15(7-3-13)21(22,23)24/h2-9,18H,10-12H2,1H3,(H,25,29)/t18-/m0/s1. The Morgan fingerprint density at radius 1 is 1.19 bits per heavy atom. The van der Waals surface area contributed by atoms with Crippen molar-refractivity contribution >= 4 is 5.91 Å². The summed E-state index contributed by atoms with van der Waals surface area (Å²) in [5.74, 6) is 0.278. The van der Waals surface area contributed by atoms with Gasteiger partial charge in [-0.05, 0) is 35.4 Å². The predicted molar refractivity (Wildman–Crippen MR) is 103 cm³/mol. The lowest BCUT2D eigenvalue weighted by Crippen LogP contribution is -2.27. The number of amides is 1. The molecular formula is C21H19F3N4O3. The van der Waals surface area contributed by atoms with Gasteiger partial charge in [0.25, 0.3) is 5.91 Å². The molecule has 2 heterocycles. The predicted octanol–water partition coefficient (Wildman–Crippen LogP) is 3.51. The van der Waals surface area contributed by atoms with Crippen molar-refractivity contribution in [1.82, 2.24) is 20.3 Å². The SMILES string of the molecule is COc1ccc([C@@H]2Cn3nnc(C(=O)NCc4ccc(C(F)(F)F)cc4)c3CO2)cc1.